The van der Waals surface area contributed by atoms with Crippen molar-refractivity contribution in [3.8, 4) is 0 Å². The number of carbonyl (C=O) groups excluding carboxylic acids is 1. The molecule has 1 aromatic carbocycles. The third-order valence-corrected chi connectivity index (χ3v) is 7.87. The topological polar surface area (TPSA) is 29.4 Å². The number of allylic oxidation sites excluding steroid dienone is 5. The zero-order chi connectivity index (χ0) is 23.3. The van der Waals surface area contributed by atoms with Crippen molar-refractivity contribution >= 4 is 11.5 Å². The van der Waals surface area contributed by atoms with Gasteiger partial charge in [0, 0.05) is 24.3 Å². The van der Waals surface area contributed by atoms with E-state index in [-0.39, 0.29) is 11.3 Å². The second kappa shape index (κ2) is 10.8. The highest BCUT2D eigenvalue weighted by atomic mass is 16.1. The molecule has 1 aliphatic heterocycles. The maximum Gasteiger partial charge on any atom is 0.137 e. The van der Waals surface area contributed by atoms with Crippen molar-refractivity contribution < 1.29 is 4.79 Å². The van der Waals surface area contributed by atoms with Crippen LogP contribution in [0.1, 0.15) is 84.1 Å². The normalized spacial score (nSPS) is 24.2. The third-order valence-electron chi connectivity index (χ3n) is 7.87. The first-order valence-electron chi connectivity index (χ1n) is 13.1. The molecule has 4 rings (SSSR count). The third kappa shape index (κ3) is 6.43. The summed E-state index contributed by atoms with van der Waals surface area (Å²) in [6.45, 7) is 6.68. The maximum absolute atomic E-state index is 13.5. The first kappa shape index (κ1) is 23.9. The molecule has 0 radical (unpaired) electrons. The minimum Gasteiger partial charge on any atom is -0.299 e. The second-order valence-electron chi connectivity index (χ2n) is 11.5. The van der Waals surface area contributed by atoms with E-state index in [1.807, 2.05) is 6.20 Å². The van der Waals surface area contributed by atoms with E-state index in [0.29, 0.717) is 17.6 Å². The van der Waals surface area contributed by atoms with E-state index in [1.165, 1.54) is 49.0 Å². The summed E-state index contributed by atoms with van der Waals surface area (Å²) in [6, 6.07) is 10.5. The number of benzene rings is 1. The minimum atomic E-state index is -0.0153. The fourth-order valence-electron chi connectivity index (χ4n) is 6.02. The Bertz CT molecular complexity index is 941. The maximum atomic E-state index is 13.5. The largest absolute Gasteiger partial charge is 0.299 e. The van der Waals surface area contributed by atoms with Gasteiger partial charge in [0.15, 0.2) is 0 Å². The van der Waals surface area contributed by atoms with Gasteiger partial charge in [-0.05, 0) is 66.9 Å². The molecule has 0 saturated heterocycles. The predicted molar refractivity (Wildman–Crippen MR) is 139 cm³/mol. The molecule has 3 aliphatic rings. The molecule has 0 aromatic heterocycles. The second-order valence-corrected chi connectivity index (χ2v) is 11.5. The molecule has 0 amide bonds. The molecule has 0 bridgehead atoms. The summed E-state index contributed by atoms with van der Waals surface area (Å²) in [5.41, 5.74) is 5.50. The number of carbonyl (C=O) groups is 1. The monoisotopic (exact) mass is 443 g/mol. The molecule has 0 spiro atoms. The van der Waals surface area contributed by atoms with Crippen molar-refractivity contribution in [3.05, 3.63) is 71.5 Å². The molecular formula is C31H41NO. The summed E-state index contributed by atoms with van der Waals surface area (Å²) in [5, 5.41) is 0. The van der Waals surface area contributed by atoms with Crippen molar-refractivity contribution in [2.45, 2.75) is 85.0 Å². The zero-order valence-electron chi connectivity index (χ0n) is 20.9. The van der Waals surface area contributed by atoms with Gasteiger partial charge in [-0.2, -0.15) is 0 Å². The molecule has 1 fully saturated rings. The van der Waals surface area contributed by atoms with Crippen LogP contribution in [0.4, 0.5) is 0 Å². The van der Waals surface area contributed by atoms with E-state index in [0.717, 1.165) is 32.1 Å². The van der Waals surface area contributed by atoms with Gasteiger partial charge in [0.1, 0.15) is 5.78 Å². The number of hydrogen-bond donors (Lipinski definition) is 0. The Morgan fingerprint density at radius 1 is 1.09 bits per heavy atom. The lowest BCUT2D eigenvalue weighted by Gasteiger charge is -2.34. The van der Waals surface area contributed by atoms with Gasteiger partial charge in [0.05, 0.1) is 0 Å². The average molecular weight is 444 g/mol. The number of ketones is 1. The summed E-state index contributed by atoms with van der Waals surface area (Å²) in [5.74, 6) is 1.71. The Hall–Kier alpha value is -2.22. The highest BCUT2D eigenvalue weighted by molar-refractivity contribution is 6.04. The molecule has 1 heterocycles. The van der Waals surface area contributed by atoms with E-state index < -0.39 is 0 Å². The van der Waals surface area contributed by atoms with Crippen molar-refractivity contribution in [2.75, 3.05) is 0 Å². The van der Waals surface area contributed by atoms with Gasteiger partial charge in [-0.3, -0.25) is 9.79 Å². The van der Waals surface area contributed by atoms with Crippen molar-refractivity contribution in [1.82, 2.24) is 0 Å². The quantitative estimate of drug-likeness (QED) is 0.419. The Morgan fingerprint density at radius 3 is 2.67 bits per heavy atom. The Balaban J connectivity index is 1.39. The van der Waals surface area contributed by atoms with Gasteiger partial charge >= 0.3 is 0 Å². The van der Waals surface area contributed by atoms with Crippen LogP contribution in [0, 0.1) is 23.2 Å². The molecule has 2 nitrogen and oxygen atoms in total. The van der Waals surface area contributed by atoms with Crippen molar-refractivity contribution in [1.29, 1.82) is 0 Å². The molecule has 2 heteroatoms. The minimum absolute atomic E-state index is 0.0153. The molecule has 0 N–H and O–H groups in total. The van der Waals surface area contributed by atoms with Crippen molar-refractivity contribution in [3.63, 3.8) is 0 Å². The van der Waals surface area contributed by atoms with E-state index >= 15 is 0 Å². The van der Waals surface area contributed by atoms with Gasteiger partial charge in [0.25, 0.3) is 0 Å². The summed E-state index contributed by atoms with van der Waals surface area (Å²) in [4.78, 5) is 18.4. The van der Waals surface area contributed by atoms with Crippen LogP contribution in [0.2, 0.25) is 0 Å². The lowest BCUT2D eigenvalue weighted by atomic mass is 9.70. The van der Waals surface area contributed by atoms with Crippen molar-refractivity contribution in [2.24, 2.45) is 28.2 Å². The standard InChI is InChI=1S/C31H41NO/c1-31(2,3)28(20-23-11-5-4-6-12-23)30(33)22-25-14-9-13-24(19-25)21-29-27-17-8-7-15-26(27)16-10-18-32-29/h4-6,8,10-12,17-18,24-25,28H,7,9,13-16,19-22H2,1-3H3/t24?,25-,28+/m1/s1. The van der Waals surface area contributed by atoms with Crippen LogP contribution >= 0.6 is 0 Å². The highest BCUT2D eigenvalue weighted by Crippen LogP contribution is 2.38. The van der Waals surface area contributed by atoms with E-state index in [1.54, 1.807) is 5.57 Å². The average Bonchev–Trinajstić information content (AvgIpc) is 3.00. The molecule has 176 valence electrons. The molecule has 33 heavy (non-hydrogen) atoms. The van der Waals surface area contributed by atoms with E-state index in [2.05, 4.69) is 69.3 Å². The lowest BCUT2D eigenvalue weighted by Crippen LogP contribution is -2.32. The van der Waals surface area contributed by atoms with Crippen LogP contribution < -0.4 is 0 Å². The van der Waals surface area contributed by atoms with Crippen LogP contribution in [-0.2, 0) is 11.2 Å². The summed E-state index contributed by atoms with van der Waals surface area (Å²) in [6.07, 6.45) is 19.8. The summed E-state index contributed by atoms with van der Waals surface area (Å²) < 4.78 is 0. The van der Waals surface area contributed by atoms with Crippen LogP contribution in [-0.4, -0.2) is 11.5 Å². The number of rotatable bonds is 7. The predicted octanol–water partition coefficient (Wildman–Crippen LogP) is 8.05. The van der Waals surface area contributed by atoms with Crippen LogP contribution in [0.3, 0.4) is 0 Å². The summed E-state index contributed by atoms with van der Waals surface area (Å²) >= 11 is 0. The molecule has 3 atom stereocenters. The molecular weight excluding hydrogens is 402 g/mol. The number of hydrogen-bond acceptors (Lipinski definition) is 2. The smallest absolute Gasteiger partial charge is 0.137 e. The van der Waals surface area contributed by atoms with Gasteiger partial charge in [-0.1, -0.05) is 94.2 Å². The van der Waals surface area contributed by atoms with E-state index in [4.69, 9.17) is 4.99 Å². The molecule has 1 saturated carbocycles. The van der Waals surface area contributed by atoms with Gasteiger partial charge in [0.2, 0.25) is 0 Å². The van der Waals surface area contributed by atoms with Gasteiger partial charge < -0.3 is 0 Å². The summed E-state index contributed by atoms with van der Waals surface area (Å²) in [7, 11) is 0. The van der Waals surface area contributed by atoms with Crippen LogP contribution in [0.5, 0.6) is 0 Å². The Labute approximate surface area is 201 Å². The van der Waals surface area contributed by atoms with Gasteiger partial charge in [-0.25, -0.2) is 0 Å². The first-order valence-corrected chi connectivity index (χ1v) is 13.1. The van der Waals surface area contributed by atoms with E-state index in [9.17, 15) is 4.79 Å². The van der Waals surface area contributed by atoms with Crippen LogP contribution in [0.25, 0.3) is 0 Å². The first-order chi connectivity index (χ1) is 15.9. The Kier molecular flexibility index (Phi) is 7.83. The SMILES string of the molecule is CC(C)(C)[C@@H](Cc1ccccc1)C(=O)C[C@@H]1CCCC(CC2=NC=CCC3=C2C=CCC3)C1. The van der Waals surface area contributed by atoms with Crippen LogP contribution in [0.15, 0.2) is 70.9 Å². The number of Topliss-reactive ketones (excluding diaryl/α,β-unsaturated/α-hetero) is 1. The number of aliphatic imine (C=N–C) groups is 1. The molecule has 1 aromatic rings. The molecule has 1 unspecified atom stereocenters. The fraction of sp³-hybridized carbons (Fsp3) is 0.548. The Morgan fingerprint density at radius 2 is 1.88 bits per heavy atom. The number of nitrogens with zero attached hydrogens (tertiary/aromatic N) is 1. The molecule has 2 aliphatic carbocycles. The van der Waals surface area contributed by atoms with Gasteiger partial charge in [-0.15, -0.1) is 0 Å². The zero-order valence-corrected chi connectivity index (χ0v) is 20.9. The highest BCUT2D eigenvalue weighted by Gasteiger charge is 2.34. The lowest BCUT2D eigenvalue weighted by molar-refractivity contribution is -0.127. The fourth-order valence-corrected chi connectivity index (χ4v) is 6.02.